The van der Waals surface area contributed by atoms with Crippen LogP contribution in [0.25, 0.3) is 35.7 Å². The summed E-state index contributed by atoms with van der Waals surface area (Å²) in [4.78, 5) is 18.3. The molecule has 4 aromatic heterocycles. The quantitative estimate of drug-likeness (QED) is 0.133. The number of ether oxygens (including phenoxy) is 2. The molecule has 0 amide bonds. The van der Waals surface area contributed by atoms with Crippen LogP contribution < -0.4 is 9.47 Å². The second kappa shape index (κ2) is 19.2. The number of methoxy groups -OCH3 is 2. The highest BCUT2D eigenvalue weighted by molar-refractivity contribution is 9.10. The fourth-order valence-corrected chi connectivity index (χ4v) is 8.90. The molecule has 0 fully saturated rings. The summed E-state index contributed by atoms with van der Waals surface area (Å²) >= 11 is 7.04. The number of halogens is 2. The molecule has 2 atom stereocenters. The van der Waals surface area contributed by atoms with Gasteiger partial charge >= 0.3 is 0 Å². The third kappa shape index (κ3) is 9.58. The van der Waals surface area contributed by atoms with Gasteiger partial charge in [-0.3, -0.25) is 0 Å². The summed E-state index contributed by atoms with van der Waals surface area (Å²) in [5.41, 5.74) is 8.47. The zero-order valence-corrected chi connectivity index (χ0v) is 39.3. The molecule has 0 spiro atoms. The van der Waals surface area contributed by atoms with Gasteiger partial charge in [-0.05, 0) is 122 Å². The minimum Gasteiger partial charge on any atom is -0.495 e. The summed E-state index contributed by atoms with van der Waals surface area (Å²) in [5.74, 6) is 5.70. The Labute approximate surface area is 389 Å². The van der Waals surface area contributed by atoms with Crippen molar-refractivity contribution >= 4 is 56.2 Å². The molecule has 0 radical (unpaired) electrons. The smallest absolute Gasteiger partial charge is 0.174 e. The van der Waals surface area contributed by atoms with Crippen molar-refractivity contribution in [2.24, 2.45) is 0 Å². The lowest BCUT2D eigenvalue weighted by Crippen LogP contribution is -2.17. The van der Waals surface area contributed by atoms with Gasteiger partial charge in [0.05, 0.1) is 49.6 Å². The Kier molecular flexibility index (Phi) is 12.8. The Balaban J connectivity index is 0.000000162. The van der Waals surface area contributed by atoms with Gasteiger partial charge in [-0.15, -0.1) is 0 Å². The summed E-state index contributed by atoms with van der Waals surface area (Å²) in [6, 6.07) is 29.3. The van der Waals surface area contributed by atoms with Crippen molar-refractivity contribution in [1.29, 1.82) is 0 Å². The average molecular weight is 981 g/mol. The molecule has 0 saturated carbocycles. The fourth-order valence-electron chi connectivity index (χ4n) is 8.37. The van der Waals surface area contributed by atoms with Gasteiger partial charge in [0.25, 0.3) is 0 Å². The van der Waals surface area contributed by atoms with E-state index in [1.807, 2.05) is 83.9 Å². The number of imidazole rings is 2. The van der Waals surface area contributed by atoms with E-state index in [0.717, 1.165) is 116 Å². The summed E-state index contributed by atoms with van der Waals surface area (Å²) in [5, 5.41) is 9.47. The summed E-state index contributed by atoms with van der Waals surface area (Å²) in [7, 11) is 3.37. The predicted molar refractivity (Wildman–Crippen MR) is 258 cm³/mol. The Morgan fingerprint density at radius 2 is 0.984 bits per heavy atom. The van der Waals surface area contributed by atoms with Crippen LogP contribution in [-0.2, 0) is 13.1 Å². The van der Waals surface area contributed by atoms with Gasteiger partial charge in [0.15, 0.2) is 11.6 Å². The van der Waals surface area contributed by atoms with Crippen molar-refractivity contribution < 1.29 is 9.47 Å². The van der Waals surface area contributed by atoms with Crippen molar-refractivity contribution in [3.63, 3.8) is 0 Å². The molecule has 0 saturated heterocycles. The molecule has 12 nitrogen and oxygen atoms in total. The van der Waals surface area contributed by atoms with E-state index < -0.39 is 0 Å². The van der Waals surface area contributed by atoms with Crippen molar-refractivity contribution in [3.8, 4) is 22.9 Å². The van der Waals surface area contributed by atoms with E-state index in [-0.39, 0.29) is 11.8 Å². The van der Waals surface area contributed by atoms with E-state index in [1.54, 1.807) is 26.9 Å². The van der Waals surface area contributed by atoms with Crippen LogP contribution in [0.15, 0.2) is 119 Å². The van der Waals surface area contributed by atoms with Crippen molar-refractivity contribution in [3.05, 3.63) is 176 Å². The van der Waals surface area contributed by atoms with Crippen LogP contribution in [0.3, 0.4) is 0 Å². The summed E-state index contributed by atoms with van der Waals surface area (Å²) in [6.07, 6.45) is 19.9. The van der Waals surface area contributed by atoms with Crippen molar-refractivity contribution in [2.75, 3.05) is 14.2 Å². The Morgan fingerprint density at radius 1 is 0.562 bits per heavy atom. The molecule has 4 aromatic carbocycles. The van der Waals surface area contributed by atoms with Crippen LogP contribution >= 0.6 is 31.9 Å². The number of benzene rings is 4. The number of rotatable bonds is 10. The lowest BCUT2D eigenvalue weighted by molar-refractivity contribution is 0.412. The van der Waals surface area contributed by atoms with E-state index >= 15 is 0 Å². The molecule has 0 unspecified atom stereocenters. The van der Waals surface area contributed by atoms with Gasteiger partial charge in [-0.2, -0.15) is 10.2 Å². The van der Waals surface area contributed by atoms with E-state index in [1.165, 1.54) is 11.1 Å². The standard InChI is InChI=1S/2C25H24BrN5O/c2*1-17-15-30(16-27-17)22-11-5-18(14-23(22)32-2)6-12-24-28-25-21(4-3-13-31(25)29-24)19-7-9-20(26)10-8-19/h2*5-12,14-16,21H,3-4,13H2,1-2H3/b2*12-6+/t2*21-/m10/s1. The second-order valence-electron chi connectivity index (χ2n) is 16.0. The molecule has 0 bridgehead atoms. The topological polar surface area (TPSA) is 116 Å². The van der Waals surface area contributed by atoms with Crippen molar-refractivity contribution in [1.82, 2.24) is 48.6 Å². The maximum atomic E-state index is 5.62. The van der Waals surface area contributed by atoms with Crippen LogP contribution in [-0.4, -0.2) is 62.9 Å². The Bertz CT molecular complexity index is 2740. The highest BCUT2D eigenvalue weighted by Gasteiger charge is 2.26. The highest BCUT2D eigenvalue weighted by Crippen LogP contribution is 2.35. The number of fused-ring (bicyclic) bond motifs is 2. The lowest BCUT2D eigenvalue weighted by atomic mass is 9.91. The molecular formula is C50H48Br2N10O2. The number of hydrogen-bond donors (Lipinski definition) is 0. The number of aromatic nitrogens is 10. The largest absolute Gasteiger partial charge is 0.495 e. The van der Waals surface area contributed by atoms with E-state index in [2.05, 4.69) is 112 Å². The van der Waals surface area contributed by atoms with E-state index in [9.17, 15) is 0 Å². The third-order valence-electron chi connectivity index (χ3n) is 11.6. The molecule has 10 rings (SSSR count). The van der Waals surface area contributed by atoms with Crippen LogP contribution in [0, 0.1) is 13.8 Å². The lowest BCUT2D eigenvalue weighted by Gasteiger charge is -2.22. The van der Waals surface area contributed by atoms with Gasteiger partial charge in [-0.25, -0.2) is 29.3 Å². The molecule has 8 aromatic rings. The molecule has 0 aliphatic carbocycles. The van der Waals surface area contributed by atoms with Crippen LogP contribution in [0.5, 0.6) is 11.5 Å². The molecule has 0 N–H and O–H groups in total. The first-order valence-electron chi connectivity index (χ1n) is 21.4. The fraction of sp³-hybridized carbons (Fsp3) is 0.240. The maximum Gasteiger partial charge on any atom is 0.174 e. The van der Waals surface area contributed by atoms with Gasteiger partial charge < -0.3 is 18.6 Å². The second-order valence-corrected chi connectivity index (χ2v) is 17.8. The third-order valence-corrected chi connectivity index (χ3v) is 12.6. The predicted octanol–water partition coefficient (Wildman–Crippen LogP) is 11.3. The first-order valence-corrected chi connectivity index (χ1v) is 22.9. The normalized spacial score (nSPS) is 15.8. The minimum absolute atomic E-state index is 0.282. The molecular weight excluding hydrogens is 932 g/mol. The first-order chi connectivity index (χ1) is 31.2. The summed E-state index contributed by atoms with van der Waals surface area (Å²) in [6.45, 7) is 5.77. The van der Waals surface area contributed by atoms with E-state index in [0.29, 0.717) is 0 Å². The SMILES string of the molecule is COc1cc(/C=C/c2nc3n(n2)CCC[C@@H]3c2ccc(Br)cc2)ccc1-n1cnc(C)c1.COc1cc(/C=C/c2nc3n(n2)CCC[C@H]3c2ccc(Br)cc2)ccc1-n1cnc(C)c1. The molecule has 2 aliphatic heterocycles. The van der Waals surface area contributed by atoms with E-state index in [4.69, 9.17) is 29.6 Å². The van der Waals surface area contributed by atoms with Crippen molar-refractivity contribution in [2.45, 2.75) is 64.5 Å². The van der Waals surface area contributed by atoms with Gasteiger partial charge in [-0.1, -0.05) is 80.4 Å². The molecule has 324 valence electrons. The van der Waals surface area contributed by atoms with Gasteiger partial charge in [0.2, 0.25) is 0 Å². The molecule has 14 heteroatoms. The monoisotopic (exact) mass is 978 g/mol. The minimum atomic E-state index is 0.282. The van der Waals surface area contributed by atoms with Crippen LogP contribution in [0.4, 0.5) is 0 Å². The maximum absolute atomic E-state index is 5.62. The Morgan fingerprint density at radius 3 is 1.36 bits per heavy atom. The zero-order chi connectivity index (χ0) is 44.2. The number of aryl methyl sites for hydroxylation is 4. The Hall–Kier alpha value is -6.38. The summed E-state index contributed by atoms with van der Waals surface area (Å²) < 4.78 is 21.5. The molecule has 64 heavy (non-hydrogen) atoms. The molecule has 2 aliphatic rings. The number of nitrogens with zero attached hydrogens (tertiary/aromatic N) is 10. The average Bonchev–Trinajstić information content (AvgIpc) is 4.15. The highest BCUT2D eigenvalue weighted by atomic mass is 79.9. The zero-order valence-electron chi connectivity index (χ0n) is 36.1. The van der Waals surface area contributed by atoms with Crippen LogP contribution in [0.1, 0.15) is 94.5 Å². The molecule has 6 heterocycles. The van der Waals surface area contributed by atoms with Gasteiger partial charge in [0, 0.05) is 46.3 Å². The van der Waals surface area contributed by atoms with Gasteiger partial charge in [0.1, 0.15) is 23.1 Å². The first kappa shape index (κ1) is 42.9. The number of hydrogen-bond acceptors (Lipinski definition) is 8. The van der Waals surface area contributed by atoms with Crippen LogP contribution in [0.2, 0.25) is 0 Å².